The number of hydrogen-bond acceptors (Lipinski definition) is 14. The topological polar surface area (TPSA) is 261 Å². The van der Waals surface area contributed by atoms with E-state index >= 15 is 0 Å². The monoisotopic (exact) mass is 1130 g/mol. The molecule has 0 saturated carbocycles. The number of nitrogens with two attached hydrogens (primary N) is 1. The molecule has 8 aromatic rings. The van der Waals surface area contributed by atoms with Gasteiger partial charge in [-0.3, -0.25) is 14.8 Å². The van der Waals surface area contributed by atoms with Gasteiger partial charge in [0.2, 0.25) is 5.97 Å². The third-order valence-corrected chi connectivity index (χ3v) is 11.6. The smallest absolute Gasteiger partial charge is 0.793 e. The normalized spacial score (nSPS) is 11.1. The molecule has 3 radical (unpaired) electrons. The standard InChI is InChI=1S/C21H22N2O2.C20H21N3O2.C10H12N2.C4H6O4.C4H8O.C2H3BO2.CH4.Na/c1-25-21(24)11-10-16-6-8-17(9-7-16)14-22-13-12-18-15-23-20-5-3-2-4-19(18)20;24-20(23-25)10-9-15-5-7-16(8-6-15)13-21-12-11-17-14-22-19-4-2-1-3-18(17)19;11-6-5-8-7-12-10-4-2-1-3-9(8)10;1-3(5)7-8-4(2)6;1-2-4-5-3-1;1-2(4)5-3;;/h2-11,15,22-23H,12-14H2,1H3;1-10,14,21-22,25H,11-13H2,(H,23,24);1-4,7,12H,5-6,11H2;1-2H3;1-4H2;1H3;1H4;/q;;;;;-1;;+1/b11-10+;10-9+;;;;;;. The van der Waals surface area contributed by atoms with Crippen molar-refractivity contribution in [2.75, 3.05) is 40.0 Å². The Labute approximate surface area is 503 Å². The van der Waals surface area contributed by atoms with Gasteiger partial charge >= 0.3 is 47.5 Å². The Kier molecular flexibility index (Phi) is 35.6. The van der Waals surface area contributed by atoms with E-state index in [1.54, 1.807) is 17.6 Å². The minimum Gasteiger partial charge on any atom is -0.793 e. The minimum absolute atomic E-state index is 0. The summed E-state index contributed by atoms with van der Waals surface area (Å²) in [4.78, 5) is 68.6. The average molecular weight is 1130 g/mol. The summed E-state index contributed by atoms with van der Waals surface area (Å²) in [6, 6.07) is 41.0. The van der Waals surface area contributed by atoms with Gasteiger partial charge in [0.05, 0.1) is 7.11 Å². The van der Waals surface area contributed by atoms with Crippen molar-refractivity contribution >= 4 is 82.7 Å². The van der Waals surface area contributed by atoms with E-state index in [-0.39, 0.29) is 43.0 Å². The SMILES string of the molecule is C.C1CCOC1.CC(=O)OOC(C)=O.COC(=O)/C=C/c1ccc(CNCCc2c[nH]c3ccccc23)cc1.NCCc1c[nH]c2ccccc12.O=C(/C=C/c1ccc(CNCCc2c[nH]c3ccccc23)cc1)NO.[B-]OC(C)=O.[Na+]. The third kappa shape index (κ3) is 27.7. The van der Waals surface area contributed by atoms with Crippen LogP contribution in [-0.2, 0) is 80.2 Å². The Bertz CT molecular complexity index is 3000. The largest absolute Gasteiger partial charge is 1.00 e. The first-order valence-electron chi connectivity index (χ1n) is 26.0. The molecule has 1 aliphatic rings. The van der Waals surface area contributed by atoms with Gasteiger partial charge in [-0.2, -0.15) is 0 Å². The molecule has 9 N–H and O–H groups in total. The van der Waals surface area contributed by atoms with Crippen LogP contribution in [0.15, 0.2) is 152 Å². The molecule has 1 fully saturated rings. The number of esters is 1. The zero-order valence-electron chi connectivity index (χ0n) is 46.8. The molecule has 0 aliphatic carbocycles. The molecule has 429 valence electrons. The first-order chi connectivity index (χ1) is 38.8. The maximum Gasteiger partial charge on any atom is 1.00 e. The van der Waals surface area contributed by atoms with Crippen LogP contribution in [0.5, 0.6) is 0 Å². The molecule has 0 bridgehead atoms. The molecule has 82 heavy (non-hydrogen) atoms. The number of hydrogen-bond donors (Lipinski definition) is 8. The van der Waals surface area contributed by atoms with Crippen LogP contribution in [-0.4, -0.2) is 98.0 Å². The molecule has 9 rings (SSSR count). The molecule has 1 saturated heterocycles. The summed E-state index contributed by atoms with van der Waals surface area (Å²) in [6.45, 7) is 9.67. The third-order valence-electron chi connectivity index (χ3n) is 11.6. The first kappa shape index (κ1) is 70.5. The van der Waals surface area contributed by atoms with E-state index < -0.39 is 23.8 Å². The molecule has 0 spiro atoms. The fourth-order valence-corrected chi connectivity index (χ4v) is 7.64. The van der Waals surface area contributed by atoms with E-state index in [2.05, 4.69) is 132 Å². The van der Waals surface area contributed by atoms with Gasteiger partial charge < -0.3 is 53.5 Å². The summed E-state index contributed by atoms with van der Waals surface area (Å²) in [5.74, 6) is -2.63. The Hall–Kier alpha value is -7.59. The van der Waals surface area contributed by atoms with E-state index in [0.717, 1.165) is 83.6 Å². The molecular weight excluding hydrogens is 1050 g/mol. The zero-order valence-corrected chi connectivity index (χ0v) is 48.8. The van der Waals surface area contributed by atoms with Crippen molar-refractivity contribution in [3.8, 4) is 0 Å². The average Bonchev–Trinajstić information content (AvgIpc) is 4.54. The maximum atomic E-state index is 11.1. The quantitative estimate of drug-likeness (QED) is 0.00981. The molecule has 20 heteroatoms. The number of para-hydroxylation sites is 3. The molecule has 0 unspecified atom stereocenters. The maximum absolute atomic E-state index is 11.1. The van der Waals surface area contributed by atoms with Gasteiger partial charge in [-0.15, -0.1) is 0 Å². The number of fused-ring (bicyclic) bond motifs is 3. The van der Waals surface area contributed by atoms with E-state index in [1.165, 1.54) is 99.6 Å². The Morgan fingerprint density at radius 1 is 0.598 bits per heavy atom. The fourth-order valence-electron chi connectivity index (χ4n) is 7.64. The van der Waals surface area contributed by atoms with Crippen LogP contribution < -0.4 is 51.4 Å². The molecule has 0 atom stereocenters. The van der Waals surface area contributed by atoms with Crippen LogP contribution in [0.4, 0.5) is 0 Å². The number of amides is 1. The Balaban J connectivity index is 0.000000372. The summed E-state index contributed by atoms with van der Waals surface area (Å²) in [5.41, 5.74) is 18.9. The van der Waals surface area contributed by atoms with Gasteiger partial charge in [-0.25, -0.2) is 29.6 Å². The number of nitrogens with one attached hydrogen (secondary N) is 6. The molecule has 3 aromatic heterocycles. The van der Waals surface area contributed by atoms with Crippen LogP contribution in [0.3, 0.4) is 0 Å². The summed E-state index contributed by atoms with van der Waals surface area (Å²) in [7, 11) is 5.69. The van der Waals surface area contributed by atoms with Gasteiger partial charge in [-0.05, 0) is 121 Å². The van der Waals surface area contributed by atoms with Gasteiger partial charge in [0.25, 0.3) is 5.91 Å². The van der Waals surface area contributed by atoms with Crippen molar-refractivity contribution < 1.29 is 82.6 Å². The summed E-state index contributed by atoms with van der Waals surface area (Å²) in [5, 5.41) is 19.3. The van der Waals surface area contributed by atoms with Gasteiger partial charge in [0.15, 0.2) is 0 Å². The van der Waals surface area contributed by atoms with Crippen LogP contribution in [0.2, 0.25) is 0 Å². The van der Waals surface area contributed by atoms with Crippen molar-refractivity contribution in [2.45, 2.75) is 73.4 Å². The number of benzene rings is 5. The molecule has 5 aromatic carbocycles. The number of carbonyl (C=O) groups excluding carboxylic acids is 5. The van der Waals surface area contributed by atoms with E-state index in [1.807, 2.05) is 60.8 Å². The van der Waals surface area contributed by atoms with E-state index in [0.29, 0.717) is 6.54 Å². The second-order valence-electron chi connectivity index (χ2n) is 17.7. The number of hydroxylamine groups is 1. The van der Waals surface area contributed by atoms with Gasteiger partial charge in [0.1, 0.15) is 0 Å². The Morgan fingerprint density at radius 3 is 1.30 bits per heavy atom. The number of rotatable bonds is 16. The van der Waals surface area contributed by atoms with Crippen molar-refractivity contribution in [1.82, 2.24) is 31.1 Å². The molecule has 1 amide bonds. The number of methoxy groups -OCH3 is 1. The number of aromatic nitrogens is 3. The number of aromatic amines is 3. The summed E-state index contributed by atoms with van der Waals surface area (Å²) >= 11 is 0. The second kappa shape index (κ2) is 41.4. The molecule has 1 aliphatic heterocycles. The number of ether oxygens (including phenoxy) is 2. The van der Waals surface area contributed by atoms with Crippen molar-refractivity contribution in [2.24, 2.45) is 5.73 Å². The molecule has 18 nitrogen and oxygen atoms in total. The fraction of sp³-hybridized carbons (Fsp3) is 0.274. The van der Waals surface area contributed by atoms with Crippen LogP contribution in [0, 0.1) is 0 Å². The van der Waals surface area contributed by atoms with Crippen LogP contribution in [0.25, 0.3) is 44.9 Å². The Morgan fingerprint density at radius 2 is 0.976 bits per heavy atom. The number of H-pyrrole nitrogens is 3. The summed E-state index contributed by atoms with van der Waals surface area (Å²) < 4.78 is 13.1. The van der Waals surface area contributed by atoms with Gasteiger partial charge in [0, 0.05) is 111 Å². The van der Waals surface area contributed by atoms with E-state index in [4.69, 9.17) is 15.7 Å². The zero-order chi connectivity index (χ0) is 57.7. The van der Waals surface area contributed by atoms with E-state index in [9.17, 15) is 24.0 Å². The first-order valence-corrected chi connectivity index (χ1v) is 26.0. The van der Waals surface area contributed by atoms with Crippen molar-refractivity contribution in [3.63, 3.8) is 0 Å². The number of carbonyl (C=O) groups is 5. The van der Waals surface area contributed by atoms with Crippen molar-refractivity contribution in [3.05, 3.63) is 191 Å². The van der Waals surface area contributed by atoms with Crippen LogP contribution >= 0.6 is 0 Å². The van der Waals surface area contributed by atoms with Gasteiger partial charge in [-0.1, -0.05) is 111 Å². The van der Waals surface area contributed by atoms with Crippen molar-refractivity contribution in [1.29, 1.82) is 0 Å². The molecule has 4 heterocycles. The molecular formula is C62H76BN7NaO11. The minimum atomic E-state index is -0.639. The van der Waals surface area contributed by atoms with Crippen LogP contribution in [0.1, 0.15) is 80.0 Å². The predicted octanol–water partition coefficient (Wildman–Crippen LogP) is 6.47. The predicted molar refractivity (Wildman–Crippen MR) is 319 cm³/mol. The second-order valence-corrected chi connectivity index (χ2v) is 17.7. The summed E-state index contributed by atoms with van der Waals surface area (Å²) in [6.07, 6.45) is 17.8.